The van der Waals surface area contributed by atoms with Crippen LogP contribution in [0.25, 0.3) is 10.9 Å². The average Bonchev–Trinajstić information content (AvgIpc) is 3.18. The second-order valence-corrected chi connectivity index (χ2v) is 6.91. The molecule has 1 aliphatic rings. The number of rotatable bonds is 3. The summed E-state index contributed by atoms with van der Waals surface area (Å²) < 4.78 is 1.99. The van der Waals surface area contributed by atoms with Gasteiger partial charge in [0.2, 0.25) is 5.91 Å². The molecule has 132 valence electrons. The molecule has 2 aromatic carbocycles. The maximum absolute atomic E-state index is 12.6. The molecule has 4 rings (SSSR count). The summed E-state index contributed by atoms with van der Waals surface area (Å²) in [4.78, 5) is 26.7. The number of carbonyl (C=O) groups excluding carboxylic acids is 2. The van der Waals surface area contributed by atoms with Crippen molar-refractivity contribution in [3.05, 3.63) is 65.9 Å². The van der Waals surface area contributed by atoms with Crippen LogP contribution < -0.4 is 10.2 Å². The van der Waals surface area contributed by atoms with E-state index in [0.717, 1.165) is 22.2 Å². The van der Waals surface area contributed by atoms with Gasteiger partial charge in [-0.25, -0.2) is 0 Å². The number of carbonyl (C=O) groups is 2. The molecule has 1 atom stereocenters. The van der Waals surface area contributed by atoms with E-state index in [-0.39, 0.29) is 17.9 Å². The number of aryl methyl sites for hydroxylation is 2. The Morgan fingerprint density at radius 3 is 2.65 bits per heavy atom. The van der Waals surface area contributed by atoms with Crippen LogP contribution in [0.3, 0.4) is 0 Å². The largest absolute Gasteiger partial charge is 0.351 e. The highest BCUT2D eigenvalue weighted by Gasteiger charge is 2.31. The molecular weight excluding hydrogens is 326 g/mol. The highest BCUT2D eigenvalue weighted by molar-refractivity contribution is 6.00. The van der Waals surface area contributed by atoms with Crippen LogP contribution >= 0.6 is 0 Å². The lowest BCUT2D eigenvalue weighted by molar-refractivity contribution is -0.117. The molecule has 0 aliphatic carbocycles. The van der Waals surface area contributed by atoms with Gasteiger partial charge in [-0.2, -0.15) is 0 Å². The lowest BCUT2D eigenvalue weighted by Gasteiger charge is -2.17. The van der Waals surface area contributed by atoms with Crippen LogP contribution in [0.15, 0.2) is 54.7 Å². The van der Waals surface area contributed by atoms with Crippen molar-refractivity contribution in [3.63, 3.8) is 0 Å². The Morgan fingerprint density at radius 2 is 1.88 bits per heavy atom. The van der Waals surface area contributed by atoms with Gasteiger partial charge in [0.15, 0.2) is 0 Å². The molecule has 0 radical (unpaired) electrons. The summed E-state index contributed by atoms with van der Waals surface area (Å²) in [6.45, 7) is 2.52. The van der Waals surface area contributed by atoms with Gasteiger partial charge >= 0.3 is 0 Å². The van der Waals surface area contributed by atoms with E-state index in [9.17, 15) is 9.59 Å². The Balaban J connectivity index is 1.48. The zero-order valence-corrected chi connectivity index (χ0v) is 14.9. The van der Waals surface area contributed by atoms with Crippen molar-refractivity contribution in [1.29, 1.82) is 0 Å². The van der Waals surface area contributed by atoms with Gasteiger partial charge in [-0.1, -0.05) is 23.8 Å². The Bertz CT molecular complexity index is 988. The van der Waals surface area contributed by atoms with Gasteiger partial charge in [-0.05, 0) is 42.6 Å². The lowest BCUT2D eigenvalue weighted by atomic mass is 10.1. The van der Waals surface area contributed by atoms with E-state index >= 15 is 0 Å². The van der Waals surface area contributed by atoms with Crippen molar-refractivity contribution in [3.8, 4) is 0 Å². The van der Waals surface area contributed by atoms with Gasteiger partial charge in [0.25, 0.3) is 5.91 Å². The maximum atomic E-state index is 12.6. The van der Waals surface area contributed by atoms with Gasteiger partial charge in [-0.15, -0.1) is 0 Å². The minimum Gasteiger partial charge on any atom is -0.351 e. The van der Waals surface area contributed by atoms with E-state index in [1.54, 1.807) is 4.90 Å². The first kappa shape index (κ1) is 16.4. The van der Waals surface area contributed by atoms with Gasteiger partial charge in [0, 0.05) is 43.0 Å². The molecule has 26 heavy (non-hydrogen) atoms. The SMILES string of the molecule is Cc1ccc(N2C[C@@H](NC(=O)c3ccc4ccn(C)c4c3)CC2=O)cc1. The van der Waals surface area contributed by atoms with Gasteiger partial charge in [0.1, 0.15) is 0 Å². The second-order valence-electron chi connectivity index (χ2n) is 6.91. The number of benzene rings is 2. The summed E-state index contributed by atoms with van der Waals surface area (Å²) in [5, 5.41) is 4.10. The summed E-state index contributed by atoms with van der Waals surface area (Å²) in [5.74, 6) is -0.103. The number of hydrogen-bond acceptors (Lipinski definition) is 2. The first-order valence-electron chi connectivity index (χ1n) is 8.74. The number of amides is 2. The quantitative estimate of drug-likeness (QED) is 0.792. The minimum atomic E-state index is -0.180. The fourth-order valence-corrected chi connectivity index (χ4v) is 3.45. The van der Waals surface area contributed by atoms with Crippen LogP contribution in [0.1, 0.15) is 22.3 Å². The minimum absolute atomic E-state index is 0.0389. The third-order valence-electron chi connectivity index (χ3n) is 4.96. The molecule has 1 saturated heterocycles. The first-order chi connectivity index (χ1) is 12.5. The van der Waals surface area contributed by atoms with Crippen LogP contribution in [0.4, 0.5) is 5.69 Å². The molecule has 2 amide bonds. The molecule has 3 aromatic rings. The summed E-state index contributed by atoms with van der Waals surface area (Å²) >= 11 is 0. The van der Waals surface area contributed by atoms with Crippen LogP contribution in [-0.2, 0) is 11.8 Å². The predicted molar refractivity (Wildman–Crippen MR) is 102 cm³/mol. The molecule has 2 heterocycles. The molecule has 1 N–H and O–H groups in total. The molecular formula is C21H21N3O2. The smallest absolute Gasteiger partial charge is 0.251 e. The number of nitrogens with one attached hydrogen (secondary N) is 1. The fraction of sp³-hybridized carbons (Fsp3) is 0.238. The van der Waals surface area contributed by atoms with Crippen molar-refractivity contribution in [2.75, 3.05) is 11.4 Å². The van der Waals surface area contributed by atoms with Crippen molar-refractivity contribution >= 4 is 28.4 Å². The standard InChI is InChI=1S/C21H21N3O2/c1-14-3-7-18(8-4-14)24-13-17(12-20(24)25)22-21(26)16-6-5-15-9-10-23(2)19(15)11-16/h3-11,17H,12-13H2,1-2H3,(H,22,26)/t17-/m0/s1. The maximum Gasteiger partial charge on any atom is 0.251 e. The molecule has 5 nitrogen and oxygen atoms in total. The third kappa shape index (κ3) is 2.96. The molecule has 5 heteroatoms. The summed E-state index contributed by atoms with van der Waals surface area (Å²) in [6.07, 6.45) is 2.30. The van der Waals surface area contributed by atoms with E-state index in [1.165, 1.54) is 0 Å². The zero-order chi connectivity index (χ0) is 18.3. The van der Waals surface area contributed by atoms with Crippen molar-refractivity contribution < 1.29 is 9.59 Å². The molecule has 0 bridgehead atoms. The topological polar surface area (TPSA) is 54.3 Å². The van der Waals surface area contributed by atoms with Crippen LogP contribution in [0, 0.1) is 6.92 Å². The Kier molecular flexibility index (Phi) is 3.99. The van der Waals surface area contributed by atoms with E-state index in [1.807, 2.05) is 73.3 Å². The predicted octanol–water partition coefficient (Wildman–Crippen LogP) is 3.02. The number of fused-ring (bicyclic) bond motifs is 1. The first-order valence-corrected chi connectivity index (χ1v) is 8.74. The van der Waals surface area contributed by atoms with Gasteiger partial charge in [-0.3, -0.25) is 9.59 Å². The van der Waals surface area contributed by atoms with Crippen LogP contribution in [0.5, 0.6) is 0 Å². The Hall–Kier alpha value is -3.08. The zero-order valence-electron chi connectivity index (χ0n) is 14.9. The molecule has 1 fully saturated rings. The highest BCUT2D eigenvalue weighted by Crippen LogP contribution is 2.22. The number of aromatic nitrogens is 1. The lowest BCUT2D eigenvalue weighted by Crippen LogP contribution is -2.37. The van der Waals surface area contributed by atoms with Gasteiger partial charge < -0.3 is 14.8 Å². The molecule has 0 unspecified atom stereocenters. The molecule has 0 saturated carbocycles. The Labute approximate surface area is 152 Å². The van der Waals surface area contributed by atoms with Crippen LogP contribution in [0.2, 0.25) is 0 Å². The van der Waals surface area contributed by atoms with E-state index in [4.69, 9.17) is 0 Å². The van der Waals surface area contributed by atoms with Gasteiger partial charge in [0.05, 0.1) is 6.04 Å². The fourth-order valence-electron chi connectivity index (χ4n) is 3.45. The third-order valence-corrected chi connectivity index (χ3v) is 4.96. The average molecular weight is 347 g/mol. The summed E-state index contributed by atoms with van der Waals surface area (Å²) in [6, 6.07) is 15.4. The van der Waals surface area contributed by atoms with Crippen molar-refractivity contribution in [2.24, 2.45) is 7.05 Å². The van der Waals surface area contributed by atoms with Crippen LogP contribution in [-0.4, -0.2) is 29.0 Å². The number of hydrogen-bond donors (Lipinski definition) is 1. The number of anilines is 1. The molecule has 0 spiro atoms. The monoisotopic (exact) mass is 347 g/mol. The van der Waals surface area contributed by atoms with E-state index in [0.29, 0.717) is 18.5 Å². The molecule has 1 aliphatic heterocycles. The summed E-state index contributed by atoms with van der Waals surface area (Å²) in [5.41, 5.74) is 3.66. The summed E-state index contributed by atoms with van der Waals surface area (Å²) in [7, 11) is 1.96. The molecule has 1 aromatic heterocycles. The van der Waals surface area contributed by atoms with E-state index in [2.05, 4.69) is 5.32 Å². The van der Waals surface area contributed by atoms with Crippen molar-refractivity contribution in [2.45, 2.75) is 19.4 Å². The normalized spacial score (nSPS) is 17.1. The van der Waals surface area contributed by atoms with E-state index < -0.39 is 0 Å². The highest BCUT2D eigenvalue weighted by atomic mass is 16.2. The number of nitrogens with zero attached hydrogens (tertiary/aromatic N) is 2. The Morgan fingerprint density at radius 1 is 1.12 bits per heavy atom. The second kappa shape index (κ2) is 6.33. The van der Waals surface area contributed by atoms with Crippen molar-refractivity contribution in [1.82, 2.24) is 9.88 Å².